The topological polar surface area (TPSA) is 134 Å². The first-order valence-corrected chi connectivity index (χ1v) is 9.22. The van der Waals surface area contributed by atoms with E-state index in [4.69, 9.17) is 21.6 Å². The minimum Gasteiger partial charge on any atom is -0.450 e. The van der Waals surface area contributed by atoms with Gasteiger partial charge in [0, 0.05) is 5.02 Å². The third kappa shape index (κ3) is 4.56. The van der Waals surface area contributed by atoms with Gasteiger partial charge in [-0.25, -0.2) is 10.1 Å². The highest BCUT2D eigenvalue weighted by molar-refractivity contribution is 6.30. The molecule has 2 N–H and O–H groups in total. The molecule has 3 rings (SSSR count). The second-order valence-corrected chi connectivity index (χ2v) is 7.58. The predicted molar refractivity (Wildman–Crippen MR) is 109 cm³/mol. The zero-order valence-corrected chi connectivity index (χ0v) is 17.2. The number of aromatic nitrogens is 4. The van der Waals surface area contributed by atoms with Crippen LogP contribution in [0.1, 0.15) is 36.4 Å². The van der Waals surface area contributed by atoms with Crippen molar-refractivity contribution in [2.24, 2.45) is 0 Å². The number of nitriles is 1. The molecule has 2 heterocycles. The molecule has 30 heavy (non-hydrogen) atoms. The van der Waals surface area contributed by atoms with Gasteiger partial charge in [-0.1, -0.05) is 11.6 Å². The fourth-order valence-electron chi connectivity index (χ4n) is 2.74. The van der Waals surface area contributed by atoms with E-state index in [1.54, 1.807) is 6.92 Å². The maximum atomic E-state index is 12.9. The van der Waals surface area contributed by atoms with Crippen molar-refractivity contribution in [2.45, 2.75) is 32.9 Å². The number of nitrogens with zero attached hydrogens (tertiary/aromatic N) is 4. The summed E-state index contributed by atoms with van der Waals surface area (Å²) in [7, 11) is 0. The van der Waals surface area contributed by atoms with Crippen molar-refractivity contribution >= 4 is 11.6 Å². The van der Waals surface area contributed by atoms with E-state index in [2.05, 4.69) is 15.2 Å². The Balaban J connectivity index is 1.98. The standard InChI is InChI=1S/C20H18ClN5O4/c1-11-17(30-15-5-12(8-22)4-13(21)6-15)19(28)26(10-23-11)9-14-7-16(20(2,3)29)18(27)25-24-14/h4-7,10,29H,9H2,1-3H3,(H,25,27). The number of aromatic amines is 1. The van der Waals surface area contributed by atoms with Crippen LogP contribution in [0.3, 0.4) is 0 Å². The fourth-order valence-corrected chi connectivity index (χ4v) is 2.97. The quantitative estimate of drug-likeness (QED) is 0.637. The van der Waals surface area contributed by atoms with E-state index < -0.39 is 16.7 Å². The number of halogens is 1. The van der Waals surface area contributed by atoms with Gasteiger partial charge in [-0.05, 0) is 45.0 Å². The first kappa shape index (κ1) is 21.2. The van der Waals surface area contributed by atoms with E-state index in [1.165, 1.54) is 49.0 Å². The van der Waals surface area contributed by atoms with Crippen molar-refractivity contribution in [2.75, 3.05) is 0 Å². The first-order valence-electron chi connectivity index (χ1n) is 8.84. The van der Waals surface area contributed by atoms with Crippen LogP contribution in [-0.2, 0) is 12.1 Å². The van der Waals surface area contributed by atoms with Crippen LogP contribution in [0.15, 0.2) is 40.2 Å². The number of nitrogens with one attached hydrogen (secondary N) is 1. The van der Waals surface area contributed by atoms with Gasteiger partial charge in [0.15, 0.2) is 0 Å². The predicted octanol–water partition coefficient (Wildman–Crippen LogP) is 2.23. The molecule has 0 aliphatic heterocycles. The van der Waals surface area contributed by atoms with Crippen LogP contribution < -0.4 is 15.9 Å². The molecule has 0 spiro atoms. The van der Waals surface area contributed by atoms with Gasteiger partial charge in [0.1, 0.15) is 5.75 Å². The Morgan fingerprint density at radius 2 is 2.03 bits per heavy atom. The van der Waals surface area contributed by atoms with E-state index >= 15 is 0 Å². The molecule has 154 valence electrons. The van der Waals surface area contributed by atoms with E-state index in [9.17, 15) is 14.7 Å². The minimum absolute atomic E-state index is 0.0126. The molecule has 0 saturated carbocycles. The third-order valence-corrected chi connectivity index (χ3v) is 4.46. The Morgan fingerprint density at radius 1 is 1.30 bits per heavy atom. The molecule has 0 unspecified atom stereocenters. The Labute approximate surface area is 176 Å². The highest BCUT2D eigenvalue weighted by Crippen LogP contribution is 2.25. The Hall–Kier alpha value is -3.48. The molecule has 0 fully saturated rings. The molecule has 3 aromatic rings. The van der Waals surface area contributed by atoms with Gasteiger partial charge in [-0.3, -0.25) is 14.2 Å². The van der Waals surface area contributed by atoms with E-state index in [0.29, 0.717) is 16.4 Å². The molecule has 1 aromatic carbocycles. The second-order valence-electron chi connectivity index (χ2n) is 7.14. The summed E-state index contributed by atoms with van der Waals surface area (Å²) in [6.45, 7) is 4.56. The van der Waals surface area contributed by atoms with Crippen molar-refractivity contribution < 1.29 is 9.84 Å². The molecule has 0 aliphatic rings. The zero-order valence-electron chi connectivity index (χ0n) is 16.4. The van der Waals surface area contributed by atoms with Gasteiger partial charge >= 0.3 is 0 Å². The van der Waals surface area contributed by atoms with Crippen LogP contribution in [-0.4, -0.2) is 24.9 Å². The third-order valence-electron chi connectivity index (χ3n) is 4.24. The normalized spacial score (nSPS) is 11.2. The minimum atomic E-state index is -1.37. The fraction of sp³-hybridized carbons (Fsp3) is 0.250. The highest BCUT2D eigenvalue weighted by atomic mass is 35.5. The average molecular weight is 428 g/mol. The molecule has 0 atom stereocenters. The van der Waals surface area contributed by atoms with Crippen LogP contribution in [0.4, 0.5) is 0 Å². The van der Waals surface area contributed by atoms with Crippen LogP contribution in [0, 0.1) is 18.3 Å². The molecule has 10 heteroatoms. The van der Waals surface area contributed by atoms with Crippen molar-refractivity contribution in [1.29, 1.82) is 5.26 Å². The molecular weight excluding hydrogens is 410 g/mol. The number of rotatable bonds is 5. The second kappa shape index (κ2) is 8.10. The molecule has 0 amide bonds. The maximum Gasteiger partial charge on any atom is 0.296 e. The number of H-pyrrole nitrogens is 1. The molecule has 0 aliphatic carbocycles. The number of aryl methyl sites for hydroxylation is 1. The monoisotopic (exact) mass is 427 g/mol. The maximum absolute atomic E-state index is 12.9. The van der Waals surface area contributed by atoms with E-state index in [0.717, 1.165) is 0 Å². The molecule has 0 saturated heterocycles. The smallest absolute Gasteiger partial charge is 0.296 e. The number of ether oxygens (including phenoxy) is 1. The van der Waals surface area contributed by atoms with Gasteiger partial charge in [-0.2, -0.15) is 10.4 Å². The van der Waals surface area contributed by atoms with Gasteiger partial charge < -0.3 is 9.84 Å². The number of hydrogen-bond acceptors (Lipinski definition) is 7. The van der Waals surface area contributed by atoms with E-state index in [-0.39, 0.29) is 29.2 Å². The first-order chi connectivity index (χ1) is 14.1. The molecule has 2 aromatic heterocycles. The summed E-state index contributed by atoms with van der Waals surface area (Å²) in [6.07, 6.45) is 1.33. The van der Waals surface area contributed by atoms with Crippen molar-refractivity contribution in [3.8, 4) is 17.6 Å². The molecular formula is C20H18ClN5O4. The van der Waals surface area contributed by atoms with Crippen LogP contribution in [0.25, 0.3) is 0 Å². The highest BCUT2D eigenvalue weighted by Gasteiger charge is 2.21. The lowest BCUT2D eigenvalue weighted by Crippen LogP contribution is -2.29. The van der Waals surface area contributed by atoms with Gasteiger partial charge in [0.2, 0.25) is 5.75 Å². The summed E-state index contributed by atoms with van der Waals surface area (Å²) in [4.78, 5) is 29.0. The van der Waals surface area contributed by atoms with Crippen molar-refractivity contribution in [1.82, 2.24) is 19.7 Å². The molecule has 0 bridgehead atoms. The summed E-state index contributed by atoms with van der Waals surface area (Å²) in [6, 6.07) is 7.82. The van der Waals surface area contributed by atoms with Crippen molar-refractivity contribution in [3.05, 3.63) is 78.8 Å². The molecule has 0 radical (unpaired) electrons. The summed E-state index contributed by atoms with van der Waals surface area (Å²) in [5.41, 5.74) is -1.27. The number of aliphatic hydroxyl groups is 1. The SMILES string of the molecule is Cc1ncn(Cc2cc(C(C)(C)O)c(=O)[nH]n2)c(=O)c1Oc1cc(Cl)cc(C#N)c1. The lowest BCUT2D eigenvalue weighted by molar-refractivity contribution is 0.0767. The Kier molecular flexibility index (Phi) is 5.73. The molecule has 9 nitrogen and oxygen atoms in total. The lowest BCUT2D eigenvalue weighted by atomic mass is 10.00. The summed E-state index contributed by atoms with van der Waals surface area (Å²) in [5.74, 6) is 0.195. The number of benzene rings is 1. The lowest BCUT2D eigenvalue weighted by Gasteiger charge is -2.17. The van der Waals surface area contributed by atoms with Crippen LogP contribution in [0.2, 0.25) is 5.02 Å². The number of hydrogen-bond donors (Lipinski definition) is 2. The average Bonchev–Trinajstić information content (AvgIpc) is 2.67. The van der Waals surface area contributed by atoms with Gasteiger partial charge in [0.25, 0.3) is 11.1 Å². The van der Waals surface area contributed by atoms with Crippen molar-refractivity contribution in [3.63, 3.8) is 0 Å². The largest absolute Gasteiger partial charge is 0.450 e. The van der Waals surface area contributed by atoms with Gasteiger partial charge in [-0.15, -0.1) is 0 Å². The van der Waals surface area contributed by atoms with Crippen LogP contribution >= 0.6 is 11.6 Å². The van der Waals surface area contributed by atoms with Gasteiger partial charge in [0.05, 0.1) is 47.1 Å². The summed E-state index contributed by atoms with van der Waals surface area (Å²) < 4.78 is 6.95. The van der Waals surface area contributed by atoms with Crippen LogP contribution in [0.5, 0.6) is 11.5 Å². The van der Waals surface area contributed by atoms with E-state index in [1.807, 2.05) is 6.07 Å². The zero-order chi connectivity index (χ0) is 22.1. The summed E-state index contributed by atoms with van der Waals surface area (Å²) >= 11 is 5.99. The summed E-state index contributed by atoms with van der Waals surface area (Å²) in [5, 5.41) is 25.8. The Morgan fingerprint density at radius 3 is 2.70 bits per heavy atom. The Bertz CT molecular complexity index is 1270.